The Hall–Kier alpha value is -0.410. The number of aliphatic hydroxyl groups excluding tert-OH is 1. The van der Waals surface area contributed by atoms with Crippen molar-refractivity contribution in [2.45, 2.75) is 90.8 Å². The zero-order valence-electron chi connectivity index (χ0n) is 16.8. The summed E-state index contributed by atoms with van der Waals surface area (Å²) in [5.74, 6) is 3.57. The number of carbonyl (C=O) groups excluding carboxylic acids is 1. The molecule has 3 nitrogen and oxygen atoms in total. The van der Waals surface area contributed by atoms with Crippen LogP contribution in [0.2, 0.25) is 0 Å². The van der Waals surface area contributed by atoms with Crippen molar-refractivity contribution in [2.75, 3.05) is 6.54 Å². The number of rotatable bonds is 1. The van der Waals surface area contributed by atoms with E-state index in [1.807, 2.05) is 0 Å². The van der Waals surface area contributed by atoms with Crippen LogP contribution < -0.4 is 0 Å². The SMILES string of the molecule is CC(C)C1C[C@H]2[C@@H]3CCN4C(C)C(=O)CC[C@]4(C)[C@@H]3CC[C@]2(C)C1O. The van der Waals surface area contributed by atoms with Gasteiger partial charge < -0.3 is 5.11 Å². The Labute approximate surface area is 153 Å². The number of hydrogen-bond donors (Lipinski definition) is 1. The van der Waals surface area contributed by atoms with Crippen molar-refractivity contribution < 1.29 is 9.90 Å². The summed E-state index contributed by atoms with van der Waals surface area (Å²) in [4.78, 5) is 14.8. The van der Waals surface area contributed by atoms with Gasteiger partial charge in [0.05, 0.1) is 12.1 Å². The molecule has 1 N–H and O–H groups in total. The van der Waals surface area contributed by atoms with Crippen molar-refractivity contribution in [3.63, 3.8) is 0 Å². The Bertz CT molecular complexity index is 560. The monoisotopic (exact) mass is 347 g/mol. The van der Waals surface area contributed by atoms with E-state index in [0.29, 0.717) is 29.5 Å². The summed E-state index contributed by atoms with van der Waals surface area (Å²) in [5.41, 5.74) is 0.309. The van der Waals surface area contributed by atoms with Gasteiger partial charge >= 0.3 is 0 Å². The van der Waals surface area contributed by atoms with E-state index in [4.69, 9.17) is 0 Å². The lowest BCUT2D eigenvalue weighted by molar-refractivity contribution is -0.156. The number of hydrogen-bond acceptors (Lipinski definition) is 3. The zero-order chi connectivity index (χ0) is 18.1. The van der Waals surface area contributed by atoms with Gasteiger partial charge in [0.1, 0.15) is 5.78 Å². The maximum atomic E-state index is 12.3. The molecule has 2 saturated heterocycles. The molecule has 4 aliphatic rings. The van der Waals surface area contributed by atoms with Crippen LogP contribution in [-0.2, 0) is 4.79 Å². The number of Topliss-reactive ketones (excluding diaryl/α,β-unsaturated/α-hetero) is 1. The number of aliphatic hydroxyl groups is 1. The minimum absolute atomic E-state index is 0.102. The van der Waals surface area contributed by atoms with E-state index >= 15 is 0 Å². The molecule has 142 valence electrons. The van der Waals surface area contributed by atoms with Gasteiger partial charge in [-0.05, 0) is 87.5 Å². The highest BCUT2D eigenvalue weighted by Gasteiger charge is 2.62. The Morgan fingerprint density at radius 3 is 2.56 bits per heavy atom. The molecule has 0 spiro atoms. The molecule has 0 aromatic rings. The van der Waals surface area contributed by atoms with Crippen LogP contribution in [0.1, 0.15) is 73.1 Å². The van der Waals surface area contributed by atoms with E-state index in [2.05, 4.69) is 39.5 Å². The van der Waals surface area contributed by atoms with Gasteiger partial charge in [-0.25, -0.2) is 0 Å². The molecule has 0 aromatic carbocycles. The van der Waals surface area contributed by atoms with Gasteiger partial charge in [0.15, 0.2) is 0 Å². The number of nitrogens with zero attached hydrogens (tertiary/aromatic N) is 1. The summed E-state index contributed by atoms with van der Waals surface area (Å²) < 4.78 is 0. The maximum Gasteiger partial charge on any atom is 0.149 e. The van der Waals surface area contributed by atoms with Crippen molar-refractivity contribution >= 4 is 5.78 Å². The van der Waals surface area contributed by atoms with Crippen LogP contribution in [0.4, 0.5) is 0 Å². The third-order valence-corrected chi connectivity index (χ3v) is 9.31. The fraction of sp³-hybridized carbons (Fsp3) is 0.955. The number of piperidine rings is 2. The molecule has 2 aliphatic carbocycles. The van der Waals surface area contributed by atoms with Gasteiger partial charge in [-0.3, -0.25) is 9.69 Å². The molecule has 8 atom stereocenters. The van der Waals surface area contributed by atoms with E-state index in [-0.39, 0.29) is 23.1 Å². The first-order valence-electron chi connectivity index (χ1n) is 10.7. The molecule has 2 aliphatic heterocycles. The van der Waals surface area contributed by atoms with Gasteiger partial charge in [-0.2, -0.15) is 0 Å². The second-order valence-electron chi connectivity index (χ2n) is 10.5. The summed E-state index contributed by atoms with van der Waals surface area (Å²) in [6.07, 6.45) is 6.49. The lowest BCUT2D eigenvalue weighted by atomic mass is 9.52. The Morgan fingerprint density at radius 2 is 1.88 bits per heavy atom. The van der Waals surface area contributed by atoms with E-state index in [0.717, 1.165) is 31.7 Å². The van der Waals surface area contributed by atoms with Crippen LogP contribution >= 0.6 is 0 Å². The van der Waals surface area contributed by atoms with Gasteiger partial charge in [-0.1, -0.05) is 20.8 Å². The Kier molecular flexibility index (Phi) is 4.16. The van der Waals surface area contributed by atoms with Crippen LogP contribution in [0.5, 0.6) is 0 Å². The molecule has 0 aromatic heterocycles. The second kappa shape index (κ2) is 5.79. The molecule has 4 rings (SSSR count). The first-order valence-corrected chi connectivity index (χ1v) is 10.7. The van der Waals surface area contributed by atoms with Gasteiger partial charge in [0.2, 0.25) is 0 Å². The third kappa shape index (κ3) is 2.34. The van der Waals surface area contributed by atoms with Crippen LogP contribution in [-0.4, -0.2) is 40.0 Å². The van der Waals surface area contributed by atoms with Crippen LogP contribution in [0.15, 0.2) is 0 Å². The van der Waals surface area contributed by atoms with Crippen LogP contribution in [0, 0.1) is 35.0 Å². The lowest BCUT2D eigenvalue weighted by Gasteiger charge is -2.62. The lowest BCUT2D eigenvalue weighted by Crippen LogP contribution is -2.67. The van der Waals surface area contributed by atoms with E-state index < -0.39 is 0 Å². The van der Waals surface area contributed by atoms with E-state index in [9.17, 15) is 9.90 Å². The fourth-order valence-corrected chi connectivity index (χ4v) is 7.65. The standard InChI is InChI=1S/C22H37NO2/c1-13(2)16-12-18-15-8-11-23-14(3)19(24)7-10-22(23,5)17(15)6-9-21(18,4)20(16)25/h13-18,20,25H,6-12H2,1-5H3/t14?,15-,16?,17-,18+,20?,21+,22-/m1/s1. The quantitative estimate of drug-likeness (QED) is 0.782. The minimum atomic E-state index is -0.129. The summed E-state index contributed by atoms with van der Waals surface area (Å²) in [7, 11) is 0. The zero-order valence-corrected chi connectivity index (χ0v) is 16.8. The molecule has 3 unspecified atom stereocenters. The molecule has 0 amide bonds. The summed E-state index contributed by atoms with van der Waals surface area (Å²) in [6.45, 7) is 12.6. The highest BCUT2D eigenvalue weighted by molar-refractivity contribution is 5.84. The highest BCUT2D eigenvalue weighted by atomic mass is 16.3. The summed E-state index contributed by atoms with van der Waals surface area (Å²) in [6, 6.07) is 0.102. The molecule has 0 radical (unpaired) electrons. The van der Waals surface area contributed by atoms with Crippen LogP contribution in [0.25, 0.3) is 0 Å². The Morgan fingerprint density at radius 1 is 1.16 bits per heavy atom. The number of carbonyl (C=O) groups is 1. The average molecular weight is 348 g/mol. The predicted octanol–water partition coefficient (Wildman–Crippen LogP) is 3.89. The molecular formula is C22H37NO2. The molecule has 2 saturated carbocycles. The number of fused-ring (bicyclic) bond motifs is 5. The van der Waals surface area contributed by atoms with Crippen molar-refractivity contribution in [1.82, 2.24) is 4.90 Å². The molecule has 0 bridgehead atoms. The van der Waals surface area contributed by atoms with Crippen molar-refractivity contribution in [1.29, 1.82) is 0 Å². The average Bonchev–Trinajstić information content (AvgIpc) is 2.83. The highest BCUT2D eigenvalue weighted by Crippen LogP contribution is 2.63. The largest absolute Gasteiger partial charge is 0.392 e. The maximum absolute atomic E-state index is 12.3. The summed E-state index contributed by atoms with van der Waals surface area (Å²) >= 11 is 0. The molecule has 3 heteroatoms. The topological polar surface area (TPSA) is 40.5 Å². The van der Waals surface area contributed by atoms with Crippen LogP contribution in [0.3, 0.4) is 0 Å². The summed E-state index contributed by atoms with van der Waals surface area (Å²) in [5, 5.41) is 11.1. The molecular weight excluding hydrogens is 310 g/mol. The normalized spacial score (nSPS) is 53.5. The molecule has 2 heterocycles. The number of ketones is 1. The second-order valence-corrected chi connectivity index (χ2v) is 10.5. The fourth-order valence-electron chi connectivity index (χ4n) is 7.65. The van der Waals surface area contributed by atoms with Crippen molar-refractivity contribution in [3.05, 3.63) is 0 Å². The third-order valence-electron chi connectivity index (χ3n) is 9.31. The first kappa shape index (κ1) is 18.0. The van der Waals surface area contributed by atoms with Crippen molar-refractivity contribution in [2.24, 2.45) is 35.0 Å². The van der Waals surface area contributed by atoms with Gasteiger partial charge in [0, 0.05) is 12.0 Å². The molecule has 25 heavy (non-hydrogen) atoms. The van der Waals surface area contributed by atoms with Gasteiger partial charge in [0.25, 0.3) is 0 Å². The minimum Gasteiger partial charge on any atom is -0.392 e. The first-order chi connectivity index (χ1) is 11.7. The van der Waals surface area contributed by atoms with E-state index in [1.54, 1.807) is 0 Å². The Balaban J connectivity index is 1.64. The van der Waals surface area contributed by atoms with Gasteiger partial charge in [-0.15, -0.1) is 0 Å². The smallest absolute Gasteiger partial charge is 0.149 e. The molecule has 4 fully saturated rings. The predicted molar refractivity (Wildman–Crippen MR) is 100 cm³/mol. The van der Waals surface area contributed by atoms with E-state index in [1.165, 1.54) is 19.3 Å². The van der Waals surface area contributed by atoms with Crippen molar-refractivity contribution in [3.8, 4) is 0 Å².